The fraction of sp³-hybridized carbons (Fsp3) is 0.150. The van der Waals surface area contributed by atoms with E-state index in [1.165, 1.54) is 5.57 Å². The number of aromatic hydroxyl groups is 1. The van der Waals surface area contributed by atoms with E-state index in [9.17, 15) is 9.90 Å². The molecule has 0 unspecified atom stereocenters. The number of aromatic nitrogens is 2. The van der Waals surface area contributed by atoms with Crippen LogP contribution in [0.2, 0.25) is 0 Å². The Balaban J connectivity index is 1.47. The lowest BCUT2D eigenvalue weighted by molar-refractivity contribution is 0.0762. The second kappa shape index (κ2) is 6.84. The number of amides is 1. The molecule has 1 aliphatic rings. The van der Waals surface area contributed by atoms with E-state index >= 15 is 0 Å². The molecule has 1 aliphatic heterocycles. The molecule has 1 aromatic carbocycles. The van der Waals surface area contributed by atoms with Crippen molar-refractivity contribution < 1.29 is 14.4 Å². The summed E-state index contributed by atoms with van der Waals surface area (Å²) in [7, 11) is 0. The highest BCUT2D eigenvalue weighted by molar-refractivity contribution is 5.93. The lowest BCUT2D eigenvalue weighted by Gasteiger charge is -2.25. The lowest BCUT2D eigenvalue weighted by atomic mass is 9.99. The van der Waals surface area contributed by atoms with Crippen molar-refractivity contribution in [1.82, 2.24) is 15.0 Å². The van der Waals surface area contributed by atoms with Crippen LogP contribution in [-0.2, 0) is 0 Å². The Bertz CT molecular complexity index is 946. The maximum atomic E-state index is 12.7. The molecule has 130 valence electrons. The Morgan fingerprint density at radius 2 is 2.00 bits per heavy atom. The van der Waals surface area contributed by atoms with E-state index < -0.39 is 0 Å². The smallest absolute Gasteiger partial charge is 0.276 e. The van der Waals surface area contributed by atoms with E-state index in [0.717, 1.165) is 17.5 Å². The fourth-order valence-electron chi connectivity index (χ4n) is 2.97. The summed E-state index contributed by atoms with van der Waals surface area (Å²) in [4.78, 5) is 18.4. The number of benzene rings is 1. The van der Waals surface area contributed by atoms with Gasteiger partial charge < -0.3 is 14.5 Å². The first-order valence-corrected chi connectivity index (χ1v) is 8.35. The lowest BCUT2D eigenvalue weighted by Crippen LogP contribution is -2.34. The topological polar surface area (TPSA) is 79.5 Å². The first-order valence-electron chi connectivity index (χ1n) is 8.35. The van der Waals surface area contributed by atoms with Gasteiger partial charge in [-0.05, 0) is 41.8 Å². The minimum Gasteiger partial charge on any atom is -0.508 e. The number of hydrogen-bond acceptors (Lipinski definition) is 5. The van der Waals surface area contributed by atoms with Crippen molar-refractivity contribution in [3.05, 3.63) is 72.2 Å². The molecule has 0 atom stereocenters. The van der Waals surface area contributed by atoms with Crippen LogP contribution < -0.4 is 0 Å². The highest BCUT2D eigenvalue weighted by Gasteiger charge is 2.22. The number of pyridine rings is 1. The van der Waals surface area contributed by atoms with Crippen molar-refractivity contribution in [1.29, 1.82) is 0 Å². The third-order valence-electron chi connectivity index (χ3n) is 4.41. The van der Waals surface area contributed by atoms with Gasteiger partial charge in [0.25, 0.3) is 5.91 Å². The summed E-state index contributed by atoms with van der Waals surface area (Å²) in [6, 6.07) is 12.4. The Morgan fingerprint density at radius 1 is 1.15 bits per heavy atom. The zero-order valence-electron chi connectivity index (χ0n) is 14.0. The number of rotatable bonds is 3. The number of nitrogens with zero attached hydrogens (tertiary/aromatic N) is 3. The van der Waals surface area contributed by atoms with Gasteiger partial charge >= 0.3 is 0 Å². The molecular formula is C20H17N3O3. The van der Waals surface area contributed by atoms with Gasteiger partial charge in [0.2, 0.25) is 0 Å². The molecule has 1 N–H and O–H groups in total. The van der Waals surface area contributed by atoms with Crippen LogP contribution >= 0.6 is 0 Å². The van der Waals surface area contributed by atoms with E-state index in [2.05, 4.69) is 10.1 Å². The Morgan fingerprint density at radius 3 is 2.69 bits per heavy atom. The summed E-state index contributed by atoms with van der Waals surface area (Å²) in [5.41, 5.74) is 3.32. The van der Waals surface area contributed by atoms with Gasteiger partial charge in [0, 0.05) is 37.1 Å². The van der Waals surface area contributed by atoms with Gasteiger partial charge in [0.05, 0.1) is 0 Å². The first kappa shape index (κ1) is 16.1. The predicted molar refractivity (Wildman–Crippen MR) is 96.3 cm³/mol. The minimum absolute atomic E-state index is 0.148. The van der Waals surface area contributed by atoms with E-state index in [-0.39, 0.29) is 11.7 Å². The molecule has 2 aromatic heterocycles. The first-order chi connectivity index (χ1) is 12.7. The molecule has 3 heterocycles. The van der Waals surface area contributed by atoms with Gasteiger partial charge in [0.15, 0.2) is 11.5 Å². The van der Waals surface area contributed by atoms with Crippen LogP contribution in [0.4, 0.5) is 0 Å². The van der Waals surface area contributed by atoms with Gasteiger partial charge in [-0.25, -0.2) is 0 Å². The van der Waals surface area contributed by atoms with Crippen molar-refractivity contribution in [2.24, 2.45) is 0 Å². The average Bonchev–Trinajstić information content (AvgIpc) is 3.19. The minimum atomic E-state index is -0.148. The SMILES string of the molecule is O=C(c1cc(-c2cccnc2)on1)N1CC=C(c2ccc(O)cc2)CC1. The van der Waals surface area contributed by atoms with E-state index in [1.54, 1.807) is 41.6 Å². The zero-order chi connectivity index (χ0) is 17.9. The second-order valence-electron chi connectivity index (χ2n) is 6.10. The van der Waals surface area contributed by atoms with E-state index in [1.807, 2.05) is 24.3 Å². The standard InChI is InChI=1S/C20H17N3O3/c24-17-5-3-14(4-6-17)15-7-10-23(11-8-15)20(25)18-12-19(26-22-18)16-2-1-9-21-13-16/h1-7,9,12-13,24H,8,10-11H2. The summed E-state index contributed by atoms with van der Waals surface area (Å²) < 4.78 is 5.29. The van der Waals surface area contributed by atoms with E-state index in [0.29, 0.717) is 24.5 Å². The number of hydrogen-bond donors (Lipinski definition) is 1. The molecule has 0 aliphatic carbocycles. The molecule has 1 amide bonds. The van der Waals surface area contributed by atoms with Gasteiger partial charge in [-0.3, -0.25) is 9.78 Å². The molecule has 4 rings (SSSR count). The maximum Gasteiger partial charge on any atom is 0.276 e. The summed E-state index contributed by atoms with van der Waals surface area (Å²) in [6.45, 7) is 1.13. The predicted octanol–water partition coefficient (Wildman–Crippen LogP) is 3.37. The fourth-order valence-corrected chi connectivity index (χ4v) is 2.97. The zero-order valence-corrected chi connectivity index (χ0v) is 14.0. The Labute approximate surface area is 150 Å². The second-order valence-corrected chi connectivity index (χ2v) is 6.10. The molecular weight excluding hydrogens is 330 g/mol. The van der Waals surface area contributed by atoms with Gasteiger partial charge in [-0.15, -0.1) is 0 Å². The largest absolute Gasteiger partial charge is 0.508 e. The molecule has 6 heteroatoms. The average molecular weight is 347 g/mol. The van der Waals surface area contributed by atoms with Crippen molar-refractivity contribution in [3.8, 4) is 17.1 Å². The van der Waals surface area contributed by atoms with Crippen molar-refractivity contribution in [2.45, 2.75) is 6.42 Å². The van der Waals surface area contributed by atoms with Crippen LogP contribution in [-0.4, -0.2) is 39.1 Å². The Hall–Kier alpha value is -3.41. The normalized spacial score (nSPS) is 14.2. The molecule has 0 radical (unpaired) electrons. The summed E-state index contributed by atoms with van der Waals surface area (Å²) in [5.74, 6) is 0.626. The maximum absolute atomic E-state index is 12.7. The molecule has 0 saturated heterocycles. The molecule has 26 heavy (non-hydrogen) atoms. The van der Waals surface area contributed by atoms with Gasteiger partial charge in [0.1, 0.15) is 5.75 Å². The molecule has 6 nitrogen and oxygen atoms in total. The van der Waals surface area contributed by atoms with Crippen LogP contribution in [0, 0.1) is 0 Å². The number of carbonyl (C=O) groups is 1. The third kappa shape index (κ3) is 3.21. The number of phenolic OH excluding ortho intramolecular Hbond substituents is 1. The van der Waals surface area contributed by atoms with Crippen LogP contribution in [0.5, 0.6) is 5.75 Å². The molecule has 3 aromatic rings. The van der Waals surface area contributed by atoms with E-state index in [4.69, 9.17) is 4.52 Å². The van der Waals surface area contributed by atoms with Crippen molar-refractivity contribution in [2.75, 3.05) is 13.1 Å². The number of carbonyl (C=O) groups excluding carboxylic acids is 1. The molecule has 0 saturated carbocycles. The van der Waals surface area contributed by atoms with Crippen LogP contribution in [0.25, 0.3) is 16.9 Å². The molecule has 0 fully saturated rings. The van der Waals surface area contributed by atoms with Crippen LogP contribution in [0.15, 0.2) is 65.5 Å². The quantitative estimate of drug-likeness (QED) is 0.786. The highest BCUT2D eigenvalue weighted by Crippen LogP contribution is 2.25. The van der Waals surface area contributed by atoms with Crippen molar-refractivity contribution in [3.63, 3.8) is 0 Å². The summed E-state index contributed by atoms with van der Waals surface area (Å²) in [6.07, 6.45) is 6.14. The van der Waals surface area contributed by atoms with Gasteiger partial charge in [-0.2, -0.15) is 0 Å². The van der Waals surface area contributed by atoms with Gasteiger partial charge in [-0.1, -0.05) is 23.4 Å². The highest BCUT2D eigenvalue weighted by atomic mass is 16.5. The Kier molecular flexibility index (Phi) is 4.23. The van der Waals surface area contributed by atoms with Crippen LogP contribution in [0.1, 0.15) is 22.5 Å². The summed E-state index contributed by atoms with van der Waals surface area (Å²) in [5, 5.41) is 13.3. The third-order valence-corrected chi connectivity index (χ3v) is 4.41. The van der Waals surface area contributed by atoms with Crippen LogP contribution in [0.3, 0.4) is 0 Å². The van der Waals surface area contributed by atoms with Crippen molar-refractivity contribution >= 4 is 11.5 Å². The summed E-state index contributed by atoms with van der Waals surface area (Å²) >= 11 is 0. The molecule has 0 bridgehead atoms. The number of phenols is 1. The monoisotopic (exact) mass is 347 g/mol. The molecule has 0 spiro atoms.